The van der Waals surface area contributed by atoms with E-state index in [0.717, 1.165) is 28.3 Å². The zero-order valence-corrected chi connectivity index (χ0v) is 16.1. The van der Waals surface area contributed by atoms with Gasteiger partial charge in [0.2, 0.25) is 0 Å². The predicted octanol–water partition coefficient (Wildman–Crippen LogP) is 4.74. The highest BCUT2D eigenvalue weighted by atomic mass is 32.1. The van der Waals surface area contributed by atoms with Crippen LogP contribution >= 0.6 is 11.3 Å². The molecule has 0 spiro atoms. The largest absolute Gasteiger partial charge is 0.467 e. The van der Waals surface area contributed by atoms with Gasteiger partial charge in [0.1, 0.15) is 23.1 Å². The lowest BCUT2D eigenvalue weighted by atomic mass is 10.1. The fourth-order valence-electron chi connectivity index (χ4n) is 3.67. The van der Waals surface area contributed by atoms with Crippen molar-refractivity contribution < 1.29 is 18.3 Å². The lowest BCUT2D eigenvalue weighted by Crippen LogP contribution is -2.41. The van der Waals surface area contributed by atoms with E-state index in [1.54, 1.807) is 4.90 Å². The number of hydrogen-bond acceptors (Lipinski definition) is 4. The molecule has 1 saturated heterocycles. The van der Waals surface area contributed by atoms with Crippen molar-refractivity contribution in [2.45, 2.75) is 18.9 Å². The Kier molecular flexibility index (Phi) is 4.43. The van der Waals surface area contributed by atoms with E-state index in [-0.39, 0.29) is 17.5 Å². The zero-order chi connectivity index (χ0) is 20.0. The Morgan fingerprint density at radius 3 is 2.76 bits per heavy atom. The molecule has 0 saturated carbocycles. The fraction of sp³-hybridized carbons (Fsp3) is 0.238. The van der Waals surface area contributed by atoms with Crippen molar-refractivity contribution in [2.24, 2.45) is 0 Å². The zero-order valence-electron chi connectivity index (χ0n) is 15.3. The molecular weight excluding hydrogens is 396 g/mol. The molecule has 2 aromatic heterocycles. The molecule has 0 aliphatic carbocycles. The van der Waals surface area contributed by atoms with Gasteiger partial charge < -0.3 is 14.6 Å². The number of ether oxygens (including phenoxy) is 1. The Balaban J connectivity index is 1.24. The monoisotopic (exact) mass is 413 g/mol. The number of piperidine rings is 1. The van der Waals surface area contributed by atoms with E-state index in [2.05, 4.69) is 9.97 Å². The molecule has 1 aliphatic rings. The Morgan fingerprint density at radius 1 is 1.17 bits per heavy atom. The van der Waals surface area contributed by atoms with Crippen molar-refractivity contribution in [1.29, 1.82) is 0 Å². The Hall–Kier alpha value is -3.00. The second-order valence-electron chi connectivity index (χ2n) is 7.09. The molecular formula is C21H17F2N3O2S. The maximum atomic E-state index is 13.8. The van der Waals surface area contributed by atoms with Crippen LogP contribution in [0.25, 0.3) is 21.1 Å². The molecule has 8 heteroatoms. The summed E-state index contributed by atoms with van der Waals surface area (Å²) in [7, 11) is 0. The van der Waals surface area contributed by atoms with Crippen LogP contribution in [-0.4, -0.2) is 40.0 Å². The molecule has 148 valence electrons. The highest BCUT2D eigenvalue weighted by Crippen LogP contribution is 2.32. The van der Waals surface area contributed by atoms with Crippen LogP contribution in [0.2, 0.25) is 0 Å². The van der Waals surface area contributed by atoms with Gasteiger partial charge in [0.05, 0.1) is 4.70 Å². The Labute approximate surface area is 168 Å². The topological polar surface area (TPSA) is 58.2 Å². The van der Waals surface area contributed by atoms with Crippen molar-refractivity contribution in [2.75, 3.05) is 13.1 Å². The molecule has 0 unspecified atom stereocenters. The summed E-state index contributed by atoms with van der Waals surface area (Å²) in [6.45, 7) is 1.12. The van der Waals surface area contributed by atoms with Gasteiger partial charge in [-0.1, -0.05) is 29.5 Å². The number of carbonyl (C=O) groups is 1. The summed E-state index contributed by atoms with van der Waals surface area (Å²) in [5.74, 6) is -1.35. The Bertz CT molecular complexity index is 1180. The number of benzene rings is 2. The molecule has 1 fully saturated rings. The normalized spacial score (nSPS) is 15.3. The minimum absolute atomic E-state index is 0.0304. The molecule has 0 radical (unpaired) electrons. The van der Waals surface area contributed by atoms with E-state index in [0.29, 0.717) is 41.5 Å². The van der Waals surface area contributed by atoms with Crippen LogP contribution in [-0.2, 0) is 0 Å². The molecule has 1 aliphatic heterocycles. The van der Waals surface area contributed by atoms with E-state index in [1.807, 2.05) is 30.3 Å². The quantitative estimate of drug-likeness (QED) is 0.528. The first-order chi connectivity index (χ1) is 14.1. The minimum atomic E-state index is -0.690. The lowest BCUT2D eigenvalue weighted by molar-refractivity contribution is 0.0591. The third-order valence-corrected chi connectivity index (χ3v) is 6.04. The molecule has 5 rings (SSSR count). The van der Waals surface area contributed by atoms with Crippen LogP contribution in [0.3, 0.4) is 0 Å². The molecule has 0 atom stereocenters. The van der Waals surface area contributed by atoms with E-state index >= 15 is 0 Å². The van der Waals surface area contributed by atoms with Crippen LogP contribution in [0.15, 0.2) is 42.5 Å². The second kappa shape index (κ2) is 7.11. The van der Waals surface area contributed by atoms with Crippen LogP contribution in [0, 0.1) is 11.6 Å². The second-order valence-corrected chi connectivity index (χ2v) is 8.09. The summed E-state index contributed by atoms with van der Waals surface area (Å²) in [6, 6.07) is 11.7. The molecule has 5 nitrogen and oxygen atoms in total. The average molecular weight is 413 g/mol. The number of H-pyrrole nitrogens is 1. The van der Waals surface area contributed by atoms with Crippen molar-refractivity contribution in [3.8, 4) is 5.19 Å². The molecule has 0 bridgehead atoms. The highest BCUT2D eigenvalue weighted by Gasteiger charge is 2.26. The van der Waals surface area contributed by atoms with Crippen LogP contribution in [0.1, 0.15) is 23.3 Å². The number of hydrogen-bond donors (Lipinski definition) is 1. The van der Waals surface area contributed by atoms with Gasteiger partial charge in [-0.3, -0.25) is 4.79 Å². The summed E-state index contributed by atoms with van der Waals surface area (Å²) < 4.78 is 33.5. The van der Waals surface area contributed by atoms with Gasteiger partial charge in [0, 0.05) is 42.9 Å². The van der Waals surface area contributed by atoms with Crippen molar-refractivity contribution in [1.82, 2.24) is 14.9 Å². The van der Waals surface area contributed by atoms with Crippen LogP contribution < -0.4 is 4.74 Å². The highest BCUT2D eigenvalue weighted by molar-refractivity contribution is 7.20. The van der Waals surface area contributed by atoms with Gasteiger partial charge >= 0.3 is 0 Å². The van der Waals surface area contributed by atoms with Gasteiger partial charge in [-0.05, 0) is 18.2 Å². The first-order valence-corrected chi connectivity index (χ1v) is 10.2. The van der Waals surface area contributed by atoms with Crippen LogP contribution in [0.5, 0.6) is 5.19 Å². The van der Waals surface area contributed by atoms with Crippen molar-refractivity contribution >= 4 is 38.4 Å². The SMILES string of the molecule is O=C(c1cc2ccccc2[nH]1)N1CCC(Oc2nc3c(F)cc(F)cc3s2)CC1. The molecule has 1 N–H and O–H groups in total. The van der Waals surface area contributed by atoms with Gasteiger partial charge in [-0.2, -0.15) is 4.98 Å². The standard InChI is InChI=1S/C21H17F2N3O2S/c22-13-10-15(23)19-18(11-13)29-21(25-19)28-14-5-7-26(8-6-14)20(27)17-9-12-3-1-2-4-16(12)24-17/h1-4,9-11,14,24H,5-8H2. The third kappa shape index (κ3) is 3.44. The number of aromatic nitrogens is 2. The summed E-state index contributed by atoms with van der Waals surface area (Å²) in [4.78, 5) is 21.9. The molecule has 4 aromatic rings. The first kappa shape index (κ1) is 18.1. The minimum Gasteiger partial charge on any atom is -0.467 e. The number of fused-ring (bicyclic) bond motifs is 2. The smallest absolute Gasteiger partial charge is 0.274 e. The summed E-state index contributed by atoms with van der Waals surface area (Å²) >= 11 is 1.13. The first-order valence-electron chi connectivity index (χ1n) is 9.36. The Morgan fingerprint density at radius 2 is 1.97 bits per heavy atom. The van der Waals surface area contributed by atoms with Crippen molar-refractivity contribution in [3.63, 3.8) is 0 Å². The van der Waals surface area contributed by atoms with Crippen LogP contribution in [0.4, 0.5) is 8.78 Å². The van der Waals surface area contributed by atoms with E-state index < -0.39 is 11.6 Å². The maximum Gasteiger partial charge on any atom is 0.274 e. The number of amides is 1. The van der Waals surface area contributed by atoms with E-state index in [1.165, 1.54) is 6.07 Å². The number of rotatable bonds is 3. The number of halogens is 2. The van der Waals surface area contributed by atoms with Gasteiger partial charge in [0.15, 0.2) is 5.82 Å². The number of thiazole rings is 1. The predicted molar refractivity (Wildman–Crippen MR) is 107 cm³/mol. The molecule has 2 aromatic carbocycles. The number of carbonyl (C=O) groups excluding carboxylic acids is 1. The number of likely N-dealkylation sites (tertiary alicyclic amines) is 1. The van der Waals surface area contributed by atoms with Crippen molar-refractivity contribution in [3.05, 3.63) is 59.8 Å². The third-order valence-electron chi connectivity index (χ3n) is 5.15. The van der Waals surface area contributed by atoms with Gasteiger partial charge in [-0.25, -0.2) is 8.78 Å². The number of para-hydroxylation sites is 1. The molecule has 3 heterocycles. The van der Waals surface area contributed by atoms with E-state index in [9.17, 15) is 13.6 Å². The van der Waals surface area contributed by atoms with E-state index in [4.69, 9.17) is 4.74 Å². The fourth-order valence-corrected chi connectivity index (χ4v) is 4.59. The number of nitrogens with one attached hydrogen (secondary N) is 1. The lowest BCUT2D eigenvalue weighted by Gasteiger charge is -2.31. The summed E-state index contributed by atoms with van der Waals surface area (Å²) in [5, 5.41) is 1.33. The number of aromatic amines is 1. The summed E-state index contributed by atoms with van der Waals surface area (Å²) in [5.41, 5.74) is 1.64. The summed E-state index contributed by atoms with van der Waals surface area (Å²) in [6.07, 6.45) is 1.19. The number of nitrogens with zero attached hydrogens (tertiary/aromatic N) is 2. The maximum absolute atomic E-state index is 13.8. The molecule has 29 heavy (non-hydrogen) atoms. The van der Waals surface area contributed by atoms with Gasteiger partial charge in [0.25, 0.3) is 11.1 Å². The average Bonchev–Trinajstić information content (AvgIpc) is 3.32. The molecule has 1 amide bonds. The van der Waals surface area contributed by atoms with Gasteiger partial charge in [-0.15, -0.1) is 0 Å².